The zero-order valence-electron chi connectivity index (χ0n) is 18.8. The summed E-state index contributed by atoms with van der Waals surface area (Å²) in [6.07, 6.45) is 1.76. The van der Waals surface area contributed by atoms with Crippen LogP contribution < -0.4 is 10.1 Å². The molecule has 8 nitrogen and oxygen atoms in total. The molecule has 3 aromatic rings. The summed E-state index contributed by atoms with van der Waals surface area (Å²) in [6, 6.07) is 15.0. The highest BCUT2D eigenvalue weighted by Crippen LogP contribution is 2.28. The maximum Gasteiger partial charge on any atom is 0.290 e. The Morgan fingerprint density at radius 3 is 2.62 bits per heavy atom. The summed E-state index contributed by atoms with van der Waals surface area (Å²) in [4.78, 5) is 42.1. The number of nitrogens with zero attached hydrogens (tertiary/aromatic N) is 2. The van der Waals surface area contributed by atoms with Crippen molar-refractivity contribution in [1.29, 1.82) is 0 Å². The lowest BCUT2D eigenvalue weighted by Crippen LogP contribution is -2.53. The Hall–Kier alpha value is -3.78. The van der Waals surface area contributed by atoms with Crippen molar-refractivity contribution >= 4 is 35.0 Å². The fourth-order valence-corrected chi connectivity index (χ4v) is 4.19. The van der Waals surface area contributed by atoms with Gasteiger partial charge in [-0.15, -0.1) is 0 Å². The summed E-state index contributed by atoms with van der Waals surface area (Å²) >= 11 is 6.03. The molecule has 0 spiro atoms. The predicted octanol–water partition coefficient (Wildman–Crippen LogP) is 3.61. The Morgan fingerprint density at radius 1 is 1.15 bits per heavy atom. The van der Waals surface area contributed by atoms with E-state index >= 15 is 0 Å². The van der Waals surface area contributed by atoms with Gasteiger partial charge in [0, 0.05) is 25.0 Å². The SMILES string of the molecule is COc1ccc(Cl)cc1NC(=O)CN(C)C(=O)[C@@H]1Cc2ccccc2CN1C(=O)c1ccco1. The standard InChI is InChI=1S/C25H24ClN3O5/c1-28(15-23(30)27-19-13-18(26)9-10-21(19)33-2)24(31)20-12-16-6-3-4-7-17(16)14-29(20)25(32)22-8-5-11-34-22/h3-11,13,20H,12,14-15H2,1-2H3,(H,27,30)/t20-/m0/s1. The van der Waals surface area contributed by atoms with Crippen molar-refractivity contribution in [3.05, 3.63) is 82.8 Å². The zero-order chi connectivity index (χ0) is 24.2. The number of hydrogen-bond donors (Lipinski definition) is 1. The van der Waals surface area contributed by atoms with E-state index in [1.165, 1.54) is 30.2 Å². The molecule has 0 radical (unpaired) electrons. The molecule has 9 heteroatoms. The van der Waals surface area contributed by atoms with Crippen molar-refractivity contribution in [2.24, 2.45) is 0 Å². The first-order chi connectivity index (χ1) is 16.4. The van der Waals surface area contributed by atoms with Crippen LogP contribution in [0.1, 0.15) is 21.7 Å². The minimum Gasteiger partial charge on any atom is -0.495 e. The predicted molar refractivity (Wildman–Crippen MR) is 127 cm³/mol. The number of fused-ring (bicyclic) bond motifs is 1. The van der Waals surface area contributed by atoms with Crippen LogP contribution in [0.5, 0.6) is 5.75 Å². The van der Waals surface area contributed by atoms with E-state index in [-0.39, 0.29) is 30.7 Å². The molecule has 0 saturated carbocycles. The van der Waals surface area contributed by atoms with Gasteiger partial charge in [-0.3, -0.25) is 14.4 Å². The Bertz CT molecular complexity index is 1210. The number of nitrogens with one attached hydrogen (secondary N) is 1. The van der Waals surface area contributed by atoms with Gasteiger partial charge in [-0.05, 0) is 41.5 Å². The molecule has 34 heavy (non-hydrogen) atoms. The van der Waals surface area contributed by atoms with Crippen LogP contribution in [-0.2, 0) is 22.6 Å². The number of benzene rings is 2. The van der Waals surface area contributed by atoms with Gasteiger partial charge in [0.25, 0.3) is 5.91 Å². The van der Waals surface area contributed by atoms with Crippen molar-refractivity contribution in [1.82, 2.24) is 9.80 Å². The summed E-state index contributed by atoms with van der Waals surface area (Å²) in [7, 11) is 3.02. The van der Waals surface area contributed by atoms with E-state index in [4.69, 9.17) is 20.8 Å². The third-order valence-corrected chi connectivity index (χ3v) is 5.95. The van der Waals surface area contributed by atoms with Gasteiger partial charge in [0.2, 0.25) is 11.8 Å². The highest BCUT2D eigenvalue weighted by Gasteiger charge is 2.37. The van der Waals surface area contributed by atoms with Crippen LogP contribution in [0, 0.1) is 0 Å². The van der Waals surface area contributed by atoms with Crippen LogP contribution in [0.15, 0.2) is 65.3 Å². The molecule has 0 saturated heterocycles. The number of ether oxygens (including phenoxy) is 1. The zero-order valence-corrected chi connectivity index (χ0v) is 19.5. The van der Waals surface area contributed by atoms with Gasteiger partial charge >= 0.3 is 0 Å². The molecule has 0 bridgehead atoms. The minimum absolute atomic E-state index is 0.158. The third-order valence-electron chi connectivity index (χ3n) is 5.72. The second-order valence-electron chi connectivity index (χ2n) is 7.99. The van der Waals surface area contributed by atoms with Crippen molar-refractivity contribution in [3.8, 4) is 5.75 Å². The smallest absolute Gasteiger partial charge is 0.290 e. The molecule has 1 aliphatic heterocycles. The molecule has 2 heterocycles. The van der Waals surface area contributed by atoms with E-state index in [9.17, 15) is 14.4 Å². The Balaban J connectivity index is 1.51. The van der Waals surface area contributed by atoms with Crippen molar-refractivity contribution in [2.45, 2.75) is 19.0 Å². The van der Waals surface area contributed by atoms with Crippen molar-refractivity contribution in [2.75, 3.05) is 26.0 Å². The van der Waals surface area contributed by atoms with Crippen LogP contribution in [0.25, 0.3) is 0 Å². The molecule has 3 amide bonds. The Labute approximate surface area is 202 Å². The summed E-state index contributed by atoms with van der Waals surface area (Å²) in [5.74, 6) is -0.532. The van der Waals surface area contributed by atoms with Gasteiger partial charge in [0.1, 0.15) is 11.8 Å². The molecular formula is C25H24ClN3O5. The van der Waals surface area contributed by atoms with Gasteiger partial charge < -0.3 is 24.3 Å². The van der Waals surface area contributed by atoms with E-state index in [0.29, 0.717) is 22.9 Å². The van der Waals surface area contributed by atoms with Crippen LogP contribution in [0.3, 0.4) is 0 Å². The average molecular weight is 482 g/mol. The van der Waals surface area contributed by atoms with E-state index in [2.05, 4.69) is 5.32 Å². The number of likely N-dealkylation sites (N-methyl/N-ethyl adjacent to an activating group) is 1. The van der Waals surface area contributed by atoms with Gasteiger partial charge in [0.05, 0.1) is 25.6 Å². The number of carbonyl (C=O) groups is 3. The second-order valence-corrected chi connectivity index (χ2v) is 8.42. The Kier molecular flexibility index (Phi) is 6.88. The number of anilines is 1. The molecule has 1 aromatic heterocycles. The van der Waals surface area contributed by atoms with E-state index < -0.39 is 11.9 Å². The van der Waals surface area contributed by atoms with Gasteiger partial charge in [0.15, 0.2) is 5.76 Å². The first-order valence-corrected chi connectivity index (χ1v) is 11.0. The average Bonchev–Trinajstić information content (AvgIpc) is 3.37. The second kappa shape index (κ2) is 10.0. The van der Waals surface area contributed by atoms with E-state index in [0.717, 1.165) is 11.1 Å². The molecule has 2 aromatic carbocycles. The molecule has 0 fully saturated rings. The lowest BCUT2D eigenvalue weighted by atomic mass is 9.93. The maximum absolute atomic E-state index is 13.4. The Morgan fingerprint density at radius 2 is 1.91 bits per heavy atom. The summed E-state index contributed by atoms with van der Waals surface area (Å²) in [5.41, 5.74) is 2.37. The number of amides is 3. The minimum atomic E-state index is -0.772. The molecule has 0 aliphatic carbocycles. The van der Waals surface area contributed by atoms with Gasteiger partial charge in [-0.1, -0.05) is 35.9 Å². The number of halogens is 1. The highest BCUT2D eigenvalue weighted by molar-refractivity contribution is 6.31. The monoisotopic (exact) mass is 481 g/mol. The van der Waals surface area contributed by atoms with E-state index in [1.54, 1.807) is 30.3 Å². The number of methoxy groups -OCH3 is 1. The molecule has 4 rings (SSSR count). The van der Waals surface area contributed by atoms with E-state index in [1.807, 2.05) is 24.3 Å². The fourth-order valence-electron chi connectivity index (χ4n) is 4.01. The largest absolute Gasteiger partial charge is 0.495 e. The first-order valence-electron chi connectivity index (χ1n) is 10.7. The number of rotatable bonds is 6. The topological polar surface area (TPSA) is 92.1 Å². The quantitative estimate of drug-likeness (QED) is 0.580. The van der Waals surface area contributed by atoms with Crippen molar-refractivity contribution < 1.29 is 23.5 Å². The number of furan rings is 1. The first kappa shape index (κ1) is 23.4. The molecule has 0 unspecified atom stereocenters. The van der Waals surface area contributed by atoms with Crippen LogP contribution in [0.2, 0.25) is 5.02 Å². The molecule has 1 N–H and O–H groups in total. The summed E-state index contributed by atoms with van der Waals surface area (Å²) in [6.45, 7) is 0.0568. The normalized spacial score (nSPS) is 14.8. The molecule has 1 aliphatic rings. The van der Waals surface area contributed by atoms with Crippen molar-refractivity contribution in [3.63, 3.8) is 0 Å². The highest BCUT2D eigenvalue weighted by atomic mass is 35.5. The van der Waals surface area contributed by atoms with Crippen LogP contribution in [-0.4, -0.2) is 54.3 Å². The van der Waals surface area contributed by atoms with Crippen LogP contribution in [0.4, 0.5) is 5.69 Å². The van der Waals surface area contributed by atoms with Crippen LogP contribution >= 0.6 is 11.6 Å². The number of hydrogen-bond acceptors (Lipinski definition) is 5. The number of carbonyl (C=O) groups excluding carboxylic acids is 3. The fraction of sp³-hybridized carbons (Fsp3) is 0.240. The maximum atomic E-state index is 13.4. The lowest BCUT2D eigenvalue weighted by molar-refractivity contribution is -0.137. The third kappa shape index (κ3) is 4.92. The summed E-state index contributed by atoms with van der Waals surface area (Å²) < 4.78 is 10.5. The lowest BCUT2D eigenvalue weighted by Gasteiger charge is -2.37. The molecule has 176 valence electrons. The van der Waals surface area contributed by atoms with Gasteiger partial charge in [-0.2, -0.15) is 0 Å². The van der Waals surface area contributed by atoms with Gasteiger partial charge in [-0.25, -0.2) is 0 Å². The molecule has 1 atom stereocenters. The molecular weight excluding hydrogens is 458 g/mol. The summed E-state index contributed by atoms with van der Waals surface area (Å²) in [5, 5.41) is 3.16.